The van der Waals surface area contributed by atoms with E-state index in [0.29, 0.717) is 0 Å². The molecule has 1 rings (SSSR count). The summed E-state index contributed by atoms with van der Waals surface area (Å²) in [7, 11) is 1.42. The van der Waals surface area contributed by atoms with Gasteiger partial charge in [-0.3, -0.25) is 0 Å². The topological polar surface area (TPSA) is 38.3 Å². The summed E-state index contributed by atoms with van der Waals surface area (Å²) in [5, 5.41) is 3.21. The summed E-state index contributed by atoms with van der Waals surface area (Å²) >= 11 is 0. The van der Waals surface area contributed by atoms with Crippen molar-refractivity contribution in [3.05, 3.63) is 30.3 Å². The largest absolute Gasteiger partial charge is 0.467 e. The monoisotopic (exact) mass is 221 g/mol. The van der Waals surface area contributed by atoms with Gasteiger partial charge >= 0.3 is 5.97 Å². The zero-order valence-electron chi connectivity index (χ0n) is 10.1. The number of nitrogens with one attached hydrogen (secondary N) is 1. The minimum atomic E-state index is -0.280. The Morgan fingerprint density at radius 2 is 2.00 bits per heavy atom. The number of hydrogen-bond donors (Lipinski definition) is 1. The van der Waals surface area contributed by atoms with Crippen molar-refractivity contribution in [2.45, 2.75) is 26.3 Å². The maximum atomic E-state index is 11.6. The molecule has 88 valence electrons. The van der Waals surface area contributed by atoms with Crippen LogP contribution in [0.15, 0.2) is 30.3 Å². The molecule has 0 bridgehead atoms. The maximum absolute atomic E-state index is 11.6. The number of rotatable bonds is 5. The Balaban J connectivity index is 2.75. The Labute approximate surface area is 96.8 Å². The van der Waals surface area contributed by atoms with Crippen molar-refractivity contribution < 1.29 is 9.53 Å². The summed E-state index contributed by atoms with van der Waals surface area (Å²) in [5.74, 6) is 0.0332. The molecule has 3 nitrogen and oxygen atoms in total. The Morgan fingerprint density at radius 1 is 1.38 bits per heavy atom. The van der Waals surface area contributed by atoms with Gasteiger partial charge in [0.2, 0.25) is 0 Å². The second-order valence-electron chi connectivity index (χ2n) is 3.90. The first-order valence-corrected chi connectivity index (χ1v) is 5.58. The van der Waals surface area contributed by atoms with Crippen molar-refractivity contribution in [2.24, 2.45) is 5.92 Å². The van der Waals surface area contributed by atoms with Gasteiger partial charge in [0.15, 0.2) is 0 Å². The second-order valence-corrected chi connectivity index (χ2v) is 3.90. The lowest BCUT2D eigenvalue weighted by atomic mass is 9.99. The van der Waals surface area contributed by atoms with Crippen LogP contribution in [0.25, 0.3) is 0 Å². The van der Waals surface area contributed by atoms with Gasteiger partial charge in [-0.1, -0.05) is 38.5 Å². The third-order valence-electron chi connectivity index (χ3n) is 2.76. The lowest BCUT2D eigenvalue weighted by Gasteiger charge is -2.22. The van der Waals surface area contributed by atoms with Crippen molar-refractivity contribution in [1.82, 2.24) is 0 Å². The predicted molar refractivity (Wildman–Crippen MR) is 65.3 cm³/mol. The number of carbonyl (C=O) groups is 1. The minimum absolute atomic E-state index is 0.210. The van der Waals surface area contributed by atoms with E-state index in [0.717, 1.165) is 12.1 Å². The number of ether oxygens (including phenoxy) is 1. The minimum Gasteiger partial charge on any atom is -0.467 e. The van der Waals surface area contributed by atoms with Gasteiger partial charge in [0.25, 0.3) is 0 Å². The molecule has 1 aromatic rings. The molecule has 0 aliphatic rings. The molecule has 0 amide bonds. The number of anilines is 1. The first-order chi connectivity index (χ1) is 7.69. The van der Waals surface area contributed by atoms with Crippen LogP contribution in [0.2, 0.25) is 0 Å². The van der Waals surface area contributed by atoms with E-state index in [1.807, 2.05) is 37.3 Å². The fourth-order valence-electron chi connectivity index (χ4n) is 1.51. The highest BCUT2D eigenvalue weighted by Gasteiger charge is 2.24. The quantitative estimate of drug-likeness (QED) is 0.777. The van der Waals surface area contributed by atoms with E-state index < -0.39 is 0 Å². The zero-order valence-corrected chi connectivity index (χ0v) is 10.1. The SMILES string of the molecule is CCC(C)C(Nc1ccccc1)C(=O)OC. The van der Waals surface area contributed by atoms with Gasteiger partial charge in [-0.2, -0.15) is 0 Å². The van der Waals surface area contributed by atoms with Crippen LogP contribution in [0.3, 0.4) is 0 Å². The van der Waals surface area contributed by atoms with Crippen LogP contribution in [0.5, 0.6) is 0 Å². The van der Waals surface area contributed by atoms with Gasteiger partial charge in [0.1, 0.15) is 6.04 Å². The summed E-state index contributed by atoms with van der Waals surface area (Å²) in [6.07, 6.45) is 0.930. The van der Waals surface area contributed by atoms with Gasteiger partial charge in [-0.05, 0) is 18.1 Å². The van der Waals surface area contributed by atoms with E-state index in [4.69, 9.17) is 4.74 Å². The highest BCUT2D eigenvalue weighted by molar-refractivity contribution is 5.79. The molecule has 1 aromatic carbocycles. The zero-order chi connectivity index (χ0) is 12.0. The average Bonchev–Trinajstić information content (AvgIpc) is 2.35. The van der Waals surface area contributed by atoms with Crippen molar-refractivity contribution in [3.8, 4) is 0 Å². The smallest absolute Gasteiger partial charge is 0.328 e. The van der Waals surface area contributed by atoms with Gasteiger partial charge in [-0.25, -0.2) is 4.79 Å². The third kappa shape index (κ3) is 3.26. The van der Waals surface area contributed by atoms with Crippen molar-refractivity contribution in [2.75, 3.05) is 12.4 Å². The van der Waals surface area contributed by atoms with E-state index in [2.05, 4.69) is 12.2 Å². The highest BCUT2D eigenvalue weighted by Crippen LogP contribution is 2.15. The van der Waals surface area contributed by atoms with E-state index in [9.17, 15) is 4.79 Å². The van der Waals surface area contributed by atoms with E-state index in [-0.39, 0.29) is 17.9 Å². The molecule has 0 radical (unpaired) electrons. The molecule has 2 atom stereocenters. The fraction of sp³-hybridized carbons (Fsp3) is 0.462. The van der Waals surface area contributed by atoms with Crippen LogP contribution >= 0.6 is 0 Å². The molecule has 0 aromatic heterocycles. The van der Waals surface area contributed by atoms with Crippen LogP contribution in [0, 0.1) is 5.92 Å². The molecular formula is C13H19NO2. The Bertz CT molecular complexity index is 324. The maximum Gasteiger partial charge on any atom is 0.328 e. The Kier molecular flexibility index (Phi) is 4.83. The summed E-state index contributed by atoms with van der Waals surface area (Å²) < 4.78 is 4.81. The third-order valence-corrected chi connectivity index (χ3v) is 2.76. The summed E-state index contributed by atoms with van der Waals surface area (Å²) in [6, 6.07) is 9.43. The van der Waals surface area contributed by atoms with Crippen molar-refractivity contribution in [1.29, 1.82) is 0 Å². The van der Waals surface area contributed by atoms with E-state index >= 15 is 0 Å². The van der Waals surface area contributed by atoms with Crippen molar-refractivity contribution >= 4 is 11.7 Å². The van der Waals surface area contributed by atoms with E-state index in [1.165, 1.54) is 7.11 Å². The predicted octanol–water partition coefficient (Wildman–Crippen LogP) is 2.69. The number of methoxy groups -OCH3 is 1. The highest BCUT2D eigenvalue weighted by atomic mass is 16.5. The first-order valence-electron chi connectivity index (χ1n) is 5.58. The molecule has 3 heteroatoms. The molecule has 16 heavy (non-hydrogen) atoms. The molecule has 0 fully saturated rings. The number of hydrogen-bond acceptors (Lipinski definition) is 3. The summed E-state index contributed by atoms with van der Waals surface area (Å²) in [5.41, 5.74) is 0.943. The van der Waals surface area contributed by atoms with Gasteiger partial charge < -0.3 is 10.1 Å². The molecular weight excluding hydrogens is 202 g/mol. The first kappa shape index (κ1) is 12.6. The van der Waals surface area contributed by atoms with Crippen LogP contribution in [0.4, 0.5) is 5.69 Å². The number of esters is 1. The van der Waals surface area contributed by atoms with Crippen LogP contribution < -0.4 is 5.32 Å². The molecule has 0 aliphatic heterocycles. The molecule has 0 aliphatic carbocycles. The number of carbonyl (C=O) groups excluding carboxylic acids is 1. The van der Waals surface area contributed by atoms with Crippen LogP contribution in [-0.4, -0.2) is 19.1 Å². The number of benzene rings is 1. The average molecular weight is 221 g/mol. The molecule has 0 spiro atoms. The van der Waals surface area contributed by atoms with E-state index in [1.54, 1.807) is 0 Å². The van der Waals surface area contributed by atoms with Gasteiger partial charge in [0.05, 0.1) is 7.11 Å². The molecule has 0 heterocycles. The standard InChI is InChI=1S/C13H19NO2/c1-4-10(2)12(13(15)16-3)14-11-8-6-5-7-9-11/h5-10,12,14H,4H2,1-3H3. The number of para-hydroxylation sites is 1. The molecule has 1 N–H and O–H groups in total. The lowest BCUT2D eigenvalue weighted by molar-refractivity contribution is -0.142. The van der Waals surface area contributed by atoms with Gasteiger partial charge in [-0.15, -0.1) is 0 Å². The second kappa shape index (κ2) is 6.16. The van der Waals surface area contributed by atoms with Crippen LogP contribution in [-0.2, 0) is 9.53 Å². The van der Waals surface area contributed by atoms with Crippen molar-refractivity contribution in [3.63, 3.8) is 0 Å². The normalized spacial score (nSPS) is 13.9. The van der Waals surface area contributed by atoms with Crippen LogP contribution in [0.1, 0.15) is 20.3 Å². The molecule has 0 saturated carbocycles. The summed E-state index contributed by atoms with van der Waals surface area (Å²) in [6.45, 7) is 4.10. The summed E-state index contributed by atoms with van der Waals surface area (Å²) in [4.78, 5) is 11.6. The Hall–Kier alpha value is -1.51. The Morgan fingerprint density at radius 3 is 2.50 bits per heavy atom. The van der Waals surface area contributed by atoms with Gasteiger partial charge in [0, 0.05) is 5.69 Å². The molecule has 2 unspecified atom stereocenters. The fourth-order valence-corrected chi connectivity index (χ4v) is 1.51. The lowest BCUT2D eigenvalue weighted by Crippen LogP contribution is -2.36. The molecule has 0 saturated heterocycles.